The van der Waals surface area contributed by atoms with E-state index in [1.54, 1.807) is 23.6 Å². The highest BCUT2D eigenvalue weighted by Crippen LogP contribution is 2.23. The Morgan fingerprint density at radius 3 is 2.05 bits per heavy atom. The Labute approximate surface area is 133 Å². The van der Waals surface area contributed by atoms with E-state index < -0.39 is 5.54 Å². The topological polar surface area (TPSA) is 66.6 Å². The number of hydrogen-bond donors (Lipinski definition) is 1. The third-order valence-electron chi connectivity index (χ3n) is 3.90. The summed E-state index contributed by atoms with van der Waals surface area (Å²) in [7, 11) is 0. The molecule has 1 unspecified atom stereocenters. The van der Waals surface area contributed by atoms with Crippen molar-refractivity contribution in [2.45, 2.75) is 19.4 Å². The van der Waals surface area contributed by atoms with E-state index in [0.29, 0.717) is 26.2 Å². The van der Waals surface area contributed by atoms with Gasteiger partial charge < -0.3 is 15.5 Å². The van der Waals surface area contributed by atoms with Crippen molar-refractivity contribution in [3.8, 4) is 0 Å². The van der Waals surface area contributed by atoms with Gasteiger partial charge in [0, 0.05) is 37.6 Å². The van der Waals surface area contributed by atoms with E-state index in [-0.39, 0.29) is 11.8 Å². The van der Waals surface area contributed by atoms with Crippen LogP contribution in [0.4, 0.5) is 0 Å². The van der Waals surface area contributed by atoms with Crippen molar-refractivity contribution in [3.63, 3.8) is 0 Å². The van der Waals surface area contributed by atoms with Crippen molar-refractivity contribution >= 4 is 27.7 Å². The highest BCUT2D eigenvalue weighted by molar-refractivity contribution is 9.10. The fourth-order valence-electron chi connectivity index (χ4n) is 2.47. The summed E-state index contributed by atoms with van der Waals surface area (Å²) in [6.45, 7) is 5.47. The summed E-state index contributed by atoms with van der Waals surface area (Å²) in [6.07, 6.45) is 0. The van der Waals surface area contributed by atoms with Gasteiger partial charge in [-0.3, -0.25) is 9.59 Å². The SMILES string of the molecule is CC(=O)N1CCN(C(=O)C(C)(N)c2ccc(Br)cc2)CC1. The Balaban J connectivity index is 2.09. The first-order valence-corrected chi connectivity index (χ1v) is 7.71. The van der Waals surface area contributed by atoms with Crippen LogP contribution < -0.4 is 5.73 Å². The molecule has 2 amide bonds. The summed E-state index contributed by atoms with van der Waals surface area (Å²) in [4.78, 5) is 27.5. The highest BCUT2D eigenvalue weighted by Gasteiger charge is 2.36. The number of hydrogen-bond acceptors (Lipinski definition) is 3. The summed E-state index contributed by atoms with van der Waals surface area (Å²) in [5.74, 6) is -0.0569. The molecule has 2 N–H and O–H groups in total. The van der Waals surface area contributed by atoms with E-state index in [1.165, 1.54) is 0 Å². The van der Waals surface area contributed by atoms with Crippen LogP contribution in [0.5, 0.6) is 0 Å². The number of carbonyl (C=O) groups excluding carboxylic acids is 2. The number of amides is 2. The zero-order valence-corrected chi connectivity index (χ0v) is 13.9. The van der Waals surface area contributed by atoms with Crippen molar-refractivity contribution in [1.82, 2.24) is 9.80 Å². The molecule has 2 rings (SSSR count). The predicted molar refractivity (Wildman–Crippen MR) is 84.5 cm³/mol. The van der Waals surface area contributed by atoms with Gasteiger partial charge in [0.15, 0.2) is 0 Å². The molecule has 5 nitrogen and oxygen atoms in total. The van der Waals surface area contributed by atoms with Gasteiger partial charge in [-0.2, -0.15) is 0 Å². The maximum Gasteiger partial charge on any atom is 0.247 e. The Morgan fingerprint density at radius 1 is 1.10 bits per heavy atom. The number of benzene rings is 1. The van der Waals surface area contributed by atoms with Gasteiger partial charge in [0.1, 0.15) is 5.54 Å². The summed E-state index contributed by atoms with van der Waals surface area (Å²) < 4.78 is 0.949. The van der Waals surface area contributed by atoms with Crippen molar-refractivity contribution in [2.75, 3.05) is 26.2 Å². The zero-order valence-electron chi connectivity index (χ0n) is 12.3. The van der Waals surface area contributed by atoms with Crippen LogP contribution in [-0.2, 0) is 15.1 Å². The van der Waals surface area contributed by atoms with Gasteiger partial charge in [-0.25, -0.2) is 0 Å². The van der Waals surface area contributed by atoms with E-state index in [4.69, 9.17) is 5.73 Å². The number of rotatable bonds is 2. The first kappa shape index (κ1) is 16.0. The molecular weight excluding hydrogens is 334 g/mol. The molecule has 1 fully saturated rings. The van der Waals surface area contributed by atoms with Crippen LogP contribution >= 0.6 is 15.9 Å². The van der Waals surface area contributed by atoms with Gasteiger partial charge in [0.05, 0.1) is 0 Å². The molecule has 0 saturated carbocycles. The summed E-state index contributed by atoms with van der Waals surface area (Å²) in [5, 5.41) is 0. The molecule has 0 aliphatic carbocycles. The smallest absolute Gasteiger partial charge is 0.247 e. The van der Waals surface area contributed by atoms with Crippen LogP contribution in [0.2, 0.25) is 0 Å². The maximum absolute atomic E-state index is 12.7. The molecule has 1 aliphatic rings. The second-order valence-corrected chi connectivity index (χ2v) is 6.42. The number of piperazine rings is 1. The second kappa shape index (κ2) is 6.15. The third kappa shape index (κ3) is 3.44. The summed E-state index contributed by atoms with van der Waals surface area (Å²) in [5.41, 5.74) is 6.00. The van der Waals surface area contributed by atoms with Gasteiger partial charge in [0.25, 0.3) is 0 Å². The molecule has 1 aromatic rings. The highest BCUT2D eigenvalue weighted by atomic mass is 79.9. The fourth-order valence-corrected chi connectivity index (χ4v) is 2.74. The van der Waals surface area contributed by atoms with Gasteiger partial charge >= 0.3 is 0 Å². The molecule has 0 spiro atoms. The van der Waals surface area contributed by atoms with Gasteiger partial charge in [0.2, 0.25) is 11.8 Å². The van der Waals surface area contributed by atoms with E-state index in [0.717, 1.165) is 10.0 Å². The summed E-state index contributed by atoms with van der Waals surface area (Å²) in [6, 6.07) is 7.46. The third-order valence-corrected chi connectivity index (χ3v) is 4.43. The monoisotopic (exact) mass is 353 g/mol. The van der Waals surface area contributed by atoms with Crippen molar-refractivity contribution in [2.24, 2.45) is 5.73 Å². The van der Waals surface area contributed by atoms with Crippen LogP contribution in [0.15, 0.2) is 28.7 Å². The van der Waals surface area contributed by atoms with Crippen LogP contribution in [0.3, 0.4) is 0 Å². The Morgan fingerprint density at radius 2 is 1.57 bits per heavy atom. The minimum absolute atomic E-state index is 0.0468. The van der Waals surface area contributed by atoms with Crippen LogP contribution in [0.1, 0.15) is 19.4 Å². The Bertz CT molecular complexity index is 534. The Hall–Kier alpha value is -1.40. The number of nitrogens with two attached hydrogens (primary N) is 1. The first-order chi connectivity index (χ1) is 9.82. The normalized spacial score (nSPS) is 18.3. The molecule has 1 aliphatic heterocycles. The van der Waals surface area contributed by atoms with Crippen molar-refractivity contribution in [3.05, 3.63) is 34.3 Å². The molecular formula is C15H20BrN3O2. The van der Waals surface area contributed by atoms with E-state index in [2.05, 4.69) is 15.9 Å². The van der Waals surface area contributed by atoms with Gasteiger partial charge in [-0.1, -0.05) is 28.1 Å². The quantitative estimate of drug-likeness (QED) is 0.871. The number of halogens is 1. The molecule has 6 heteroatoms. The molecule has 1 saturated heterocycles. The van der Waals surface area contributed by atoms with Crippen LogP contribution in [0, 0.1) is 0 Å². The van der Waals surface area contributed by atoms with E-state index in [9.17, 15) is 9.59 Å². The molecule has 0 radical (unpaired) electrons. The molecule has 1 atom stereocenters. The Kier molecular flexibility index (Phi) is 4.68. The second-order valence-electron chi connectivity index (χ2n) is 5.51. The lowest BCUT2D eigenvalue weighted by atomic mass is 9.91. The lowest BCUT2D eigenvalue weighted by Crippen LogP contribution is -2.57. The van der Waals surface area contributed by atoms with E-state index >= 15 is 0 Å². The molecule has 0 aromatic heterocycles. The number of nitrogens with zero attached hydrogens (tertiary/aromatic N) is 2. The average molecular weight is 354 g/mol. The lowest BCUT2D eigenvalue weighted by Gasteiger charge is -2.38. The van der Waals surface area contributed by atoms with Gasteiger partial charge in [-0.05, 0) is 24.6 Å². The molecule has 1 aromatic carbocycles. The molecule has 21 heavy (non-hydrogen) atoms. The molecule has 114 valence electrons. The first-order valence-electron chi connectivity index (χ1n) is 6.92. The van der Waals surface area contributed by atoms with Crippen LogP contribution in [-0.4, -0.2) is 47.8 Å². The minimum atomic E-state index is -1.06. The summed E-state index contributed by atoms with van der Waals surface area (Å²) >= 11 is 3.37. The number of carbonyl (C=O) groups is 2. The standard InChI is InChI=1S/C15H20BrN3O2/c1-11(20)18-7-9-19(10-8-18)14(21)15(2,17)12-3-5-13(16)6-4-12/h3-6H,7-10,17H2,1-2H3. The van der Waals surface area contributed by atoms with Gasteiger partial charge in [-0.15, -0.1) is 0 Å². The fraction of sp³-hybridized carbons (Fsp3) is 0.467. The maximum atomic E-state index is 12.7. The van der Waals surface area contributed by atoms with Crippen molar-refractivity contribution < 1.29 is 9.59 Å². The lowest BCUT2D eigenvalue weighted by molar-refractivity contribution is -0.142. The van der Waals surface area contributed by atoms with Crippen LogP contribution in [0.25, 0.3) is 0 Å². The zero-order chi connectivity index (χ0) is 15.6. The average Bonchev–Trinajstić information content (AvgIpc) is 2.47. The van der Waals surface area contributed by atoms with E-state index in [1.807, 2.05) is 24.3 Å². The molecule has 1 heterocycles. The molecule has 0 bridgehead atoms. The minimum Gasteiger partial charge on any atom is -0.339 e. The largest absolute Gasteiger partial charge is 0.339 e. The van der Waals surface area contributed by atoms with Crippen molar-refractivity contribution in [1.29, 1.82) is 0 Å². The predicted octanol–water partition coefficient (Wildman–Crippen LogP) is 1.31.